The molecule has 0 saturated heterocycles. The predicted octanol–water partition coefficient (Wildman–Crippen LogP) is 3.33. The van der Waals surface area contributed by atoms with Crippen LogP contribution < -0.4 is 5.32 Å². The second kappa shape index (κ2) is 8.53. The molecule has 126 valence electrons. The summed E-state index contributed by atoms with van der Waals surface area (Å²) >= 11 is 0. The van der Waals surface area contributed by atoms with E-state index in [9.17, 15) is 5.26 Å². The van der Waals surface area contributed by atoms with Crippen molar-refractivity contribution >= 4 is 0 Å². The topological polar surface area (TPSA) is 85.4 Å². The fourth-order valence-corrected chi connectivity index (χ4v) is 3.08. The molecule has 5 heteroatoms. The first-order chi connectivity index (χ1) is 12.8. The van der Waals surface area contributed by atoms with Crippen molar-refractivity contribution in [1.29, 1.82) is 10.5 Å². The highest BCUT2D eigenvalue weighted by Gasteiger charge is 2.27. The standard InChI is InChI=1S/C21H17N5/c22-8-11-26-21(17-5-1-4-16(12-17)13-23)20(18-6-2-9-24-14-18)19-7-3-10-25-15-19/h1-7,9-10,12,14-15,20-21,26H,11H2. The Kier molecular flexibility index (Phi) is 5.67. The number of benzene rings is 1. The van der Waals surface area contributed by atoms with E-state index in [1.54, 1.807) is 18.5 Å². The second-order valence-electron chi connectivity index (χ2n) is 5.80. The first-order valence-electron chi connectivity index (χ1n) is 8.23. The summed E-state index contributed by atoms with van der Waals surface area (Å²) in [7, 11) is 0. The summed E-state index contributed by atoms with van der Waals surface area (Å²) in [6.45, 7) is 0.193. The van der Waals surface area contributed by atoms with E-state index < -0.39 is 0 Å². The number of nitrogens with zero attached hydrogens (tertiary/aromatic N) is 4. The average molecular weight is 339 g/mol. The zero-order valence-electron chi connectivity index (χ0n) is 14.1. The molecule has 0 aliphatic carbocycles. The van der Waals surface area contributed by atoms with E-state index in [1.807, 2.05) is 54.9 Å². The Morgan fingerprint density at radius 1 is 0.885 bits per heavy atom. The van der Waals surface area contributed by atoms with Gasteiger partial charge in [-0.25, -0.2) is 0 Å². The van der Waals surface area contributed by atoms with Crippen molar-refractivity contribution in [3.8, 4) is 12.1 Å². The lowest BCUT2D eigenvalue weighted by molar-refractivity contribution is 0.510. The molecule has 26 heavy (non-hydrogen) atoms. The van der Waals surface area contributed by atoms with Crippen molar-refractivity contribution in [1.82, 2.24) is 15.3 Å². The molecule has 0 aliphatic rings. The fourth-order valence-electron chi connectivity index (χ4n) is 3.08. The normalized spacial score (nSPS) is 11.5. The molecule has 0 saturated carbocycles. The Morgan fingerprint density at radius 3 is 2.08 bits per heavy atom. The van der Waals surface area contributed by atoms with E-state index in [2.05, 4.69) is 27.4 Å². The maximum Gasteiger partial charge on any atom is 0.0991 e. The van der Waals surface area contributed by atoms with Gasteiger partial charge in [0.05, 0.1) is 24.2 Å². The molecule has 0 amide bonds. The molecule has 1 aromatic carbocycles. The first kappa shape index (κ1) is 17.3. The highest BCUT2D eigenvalue weighted by molar-refractivity contribution is 5.39. The molecule has 1 unspecified atom stereocenters. The van der Waals surface area contributed by atoms with Gasteiger partial charge < -0.3 is 0 Å². The van der Waals surface area contributed by atoms with Crippen LogP contribution in [-0.4, -0.2) is 16.5 Å². The van der Waals surface area contributed by atoms with E-state index >= 15 is 0 Å². The van der Waals surface area contributed by atoms with Crippen LogP contribution in [-0.2, 0) is 0 Å². The third-order valence-electron chi connectivity index (χ3n) is 4.20. The van der Waals surface area contributed by atoms with Crippen LogP contribution in [0.5, 0.6) is 0 Å². The van der Waals surface area contributed by atoms with Gasteiger partial charge in [0.15, 0.2) is 0 Å². The molecule has 1 N–H and O–H groups in total. The molecule has 0 bridgehead atoms. The lowest BCUT2D eigenvalue weighted by Gasteiger charge is -2.28. The number of pyridine rings is 2. The minimum Gasteiger partial charge on any atom is -0.297 e. The van der Waals surface area contributed by atoms with Crippen LogP contribution in [0.25, 0.3) is 0 Å². The van der Waals surface area contributed by atoms with Gasteiger partial charge >= 0.3 is 0 Å². The summed E-state index contributed by atoms with van der Waals surface area (Å²) in [6.07, 6.45) is 7.12. The fraction of sp³-hybridized carbons (Fsp3) is 0.143. The molecule has 0 fully saturated rings. The van der Waals surface area contributed by atoms with Gasteiger partial charge in [-0.15, -0.1) is 0 Å². The van der Waals surface area contributed by atoms with Gasteiger partial charge in [0, 0.05) is 36.7 Å². The average Bonchev–Trinajstić information content (AvgIpc) is 2.72. The lowest BCUT2D eigenvalue weighted by atomic mass is 9.82. The van der Waals surface area contributed by atoms with Gasteiger partial charge in [0.25, 0.3) is 0 Å². The van der Waals surface area contributed by atoms with Gasteiger partial charge in [-0.2, -0.15) is 10.5 Å². The molecular weight excluding hydrogens is 322 g/mol. The SMILES string of the molecule is N#CCNC(c1cccc(C#N)c1)C(c1cccnc1)c1cccnc1. The van der Waals surface area contributed by atoms with Crippen LogP contribution in [0.1, 0.15) is 34.2 Å². The van der Waals surface area contributed by atoms with Crippen LogP contribution in [0.4, 0.5) is 0 Å². The van der Waals surface area contributed by atoms with Crippen LogP contribution in [0, 0.1) is 22.7 Å². The Bertz CT molecular complexity index is 886. The van der Waals surface area contributed by atoms with Crippen molar-refractivity contribution in [3.05, 3.63) is 95.6 Å². The molecule has 0 spiro atoms. The molecule has 2 aromatic heterocycles. The maximum absolute atomic E-state index is 9.25. The highest BCUT2D eigenvalue weighted by Crippen LogP contribution is 2.36. The summed E-state index contributed by atoms with van der Waals surface area (Å²) < 4.78 is 0. The van der Waals surface area contributed by atoms with Crippen molar-refractivity contribution in [2.75, 3.05) is 6.54 Å². The van der Waals surface area contributed by atoms with Crippen molar-refractivity contribution in [2.45, 2.75) is 12.0 Å². The number of nitriles is 2. The Hall–Kier alpha value is -3.54. The molecule has 0 aliphatic heterocycles. The largest absolute Gasteiger partial charge is 0.297 e. The number of hydrogen-bond donors (Lipinski definition) is 1. The number of aromatic nitrogens is 2. The minimum absolute atomic E-state index is 0.0975. The van der Waals surface area contributed by atoms with Crippen molar-refractivity contribution in [2.24, 2.45) is 0 Å². The van der Waals surface area contributed by atoms with E-state index in [0.717, 1.165) is 16.7 Å². The molecule has 3 rings (SSSR count). The smallest absolute Gasteiger partial charge is 0.0991 e. The summed E-state index contributed by atoms with van der Waals surface area (Å²) in [5.41, 5.74) is 3.55. The van der Waals surface area contributed by atoms with Crippen molar-refractivity contribution in [3.63, 3.8) is 0 Å². The molecule has 0 radical (unpaired) electrons. The number of nitrogens with one attached hydrogen (secondary N) is 1. The van der Waals surface area contributed by atoms with Crippen LogP contribution >= 0.6 is 0 Å². The summed E-state index contributed by atoms with van der Waals surface area (Å²) in [4.78, 5) is 8.51. The van der Waals surface area contributed by atoms with Gasteiger partial charge in [-0.05, 0) is 41.0 Å². The Labute approximate surface area is 152 Å². The van der Waals surface area contributed by atoms with Crippen LogP contribution in [0.3, 0.4) is 0 Å². The van der Waals surface area contributed by atoms with E-state index in [1.165, 1.54) is 0 Å². The molecule has 2 heterocycles. The minimum atomic E-state index is -0.198. The Balaban J connectivity index is 2.13. The van der Waals surface area contributed by atoms with E-state index in [4.69, 9.17) is 5.26 Å². The predicted molar refractivity (Wildman–Crippen MR) is 97.8 cm³/mol. The van der Waals surface area contributed by atoms with Crippen LogP contribution in [0.15, 0.2) is 73.3 Å². The first-order valence-corrected chi connectivity index (χ1v) is 8.23. The zero-order valence-corrected chi connectivity index (χ0v) is 14.1. The number of hydrogen-bond acceptors (Lipinski definition) is 5. The summed E-state index contributed by atoms with van der Waals surface area (Å²) in [5, 5.41) is 21.7. The third-order valence-corrected chi connectivity index (χ3v) is 4.20. The quantitative estimate of drug-likeness (QED) is 0.696. The molecule has 3 aromatic rings. The highest BCUT2D eigenvalue weighted by atomic mass is 14.9. The zero-order chi connectivity index (χ0) is 18.2. The molecule has 5 nitrogen and oxygen atoms in total. The summed E-state index contributed by atoms with van der Waals surface area (Å²) in [6, 6.07) is 19.4. The monoisotopic (exact) mass is 339 g/mol. The van der Waals surface area contributed by atoms with Crippen molar-refractivity contribution < 1.29 is 0 Å². The third kappa shape index (κ3) is 3.92. The Morgan fingerprint density at radius 2 is 1.54 bits per heavy atom. The van der Waals surface area contributed by atoms with Crippen LogP contribution in [0.2, 0.25) is 0 Å². The second-order valence-corrected chi connectivity index (χ2v) is 5.80. The van der Waals surface area contributed by atoms with E-state index in [0.29, 0.717) is 5.56 Å². The molecular formula is C21H17N5. The molecule has 1 atom stereocenters. The van der Waals surface area contributed by atoms with E-state index in [-0.39, 0.29) is 18.5 Å². The summed E-state index contributed by atoms with van der Waals surface area (Å²) in [5.74, 6) is -0.0975. The van der Waals surface area contributed by atoms with Gasteiger partial charge in [-0.3, -0.25) is 15.3 Å². The maximum atomic E-state index is 9.25. The van der Waals surface area contributed by atoms with Gasteiger partial charge in [-0.1, -0.05) is 24.3 Å². The lowest BCUT2D eigenvalue weighted by Crippen LogP contribution is -2.28. The van der Waals surface area contributed by atoms with Gasteiger partial charge in [0.2, 0.25) is 0 Å². The van der Waals surface area contributed by atoms with Gasteiger partial charge in [0.1, 0.15) is 0 Å². The number of rotatable bonds is 6.